The topological polar surface area (TPSA) is 17.1 Å². The molecule has 62 valence electrons. The highest BCUT2D eigenvalue weighted by molar-refractivity contribution is 6.34. The second-order valence-corrected chi connectivity index (χ2v) is 2.60. The Labute approximate surface area is 74.5 Å². The number of rotatable bonds is 2. The van der Waals surface area contributed by atoms with Gasteiger partial charge in [-0.15, -0.1) is 0 Å². The molecule has 1 aromatic carbocycles. The number of carbonyl (C=O) groups excluding carboxylic acids is 1. The fraction of sp³-hybridized carbons (Fsp3) is 0. The van der Waals surface area contributed by atoms with Crippen LogP contribution in [0, 0.1) is 5.82 Å². The van der Waals surface area contributed by atoms with Gasteiger partial charge in [0, 0.05) is 5.56 Å². The molecule has 0 saturated carbocycles. The first-order valence-electron chi connectivity index (χ1n) is 3.27. The van der Waals surface area contributed by atoms with Crippen LogP contribution < -0.4 is 0 Å². The van der Waals surface area contributed by atoms with E-state index in [0.29, 0.717) is 0 Å². The Balaban J connectivity index is 3.22. The normalized spacial score (nSPS) is 9.50. The van der Waals surface area contributed by atoms with Crippen molar-refractivity contribution in [1.82, 2.24) is 0 Å². The summed E-state index contributed by atoms with van der Waals surface area (Å²) >= 11 is 5.63. The number of hydrogen-bond donors (Lipinski definition) is 0. The van der Waals surface area contributed by atoms with Gasteiger partial charge in [0.05, 0.1) is 5.02 Å². The standard InChI is InChI=1S/C9H6ClFO/c1-2-9(12)7-5-6(11)3-4-8(7)10/h2-5H,1H2. The molecule has 0 aliphatic heterocycles. The molecule has 12 heavy (non-hydrogen) atoms. The molecule has 1 aromatic rings. The van der Waals surface area contributed by atoms with Gasteiger partial charge in [-0.25, -0.2) is 4.39 Å². The Morgan fingerprint density at radius 3 is 2.83 bits per heavy atom. The first-order valence-corrected chi connectivity index (χ1v) is 3.65. The molecule has 0 bridgehead atoms. The first kappa shape index (κ1) is 8.94. The molecule has 0 aliphatic rings. The molecule has 0 aromatic heterocycles. The third-order valence-corrected chi connectivity index (χ3v) is 1.71. The minimum absolute atomic E-state index is 0.145. The molecular weight excluding hydrogens is 179 g/mol. The number of halogens is 2. The Kier molecular flexibility index (Phi) is 2.61. The van der Waals surface area contributed by atoms with Crippen LogP contribution in [0.15, 0.2) is 30.9 Å². The summed E-state index contributed by atoms with van der Waals surface area (Å²) in [6, 6.07) is 3.63. The van der Waals surface area contributed by atoms with Crippen molar-refractivity contribution in [2.75, 3.05) is 0 Å². The van der Waals surface area contributed by atoms with Gasteiger partial charge in [-0.3, -0.25) is 4.79 Å². The monoisotopic (exact) mass is 184 g/mol. The van der Waals surface area contributed by atoms with E-state index < -0.39 is 5.82 Å². The molecule has 1 rings (SSSR count). The number of benzene rings is 1. The third-order valence-electron chi connectivity index (χ3n) is 1.38. The summed E-state index contributed by atoms with van der Waals surface area (Å²) in [4.78, 5) is 11.0. The van der Waals surface area contributed by atoms with Crippen LogP contribution in [-0.4, -0.2) is 5.78 Å². The van der Waals surface area contributed by atoms with Crippen LogP contribution in [0.5, 0.6) is 0 Å². The summed E-state index contributed by atoms with van der Waals surface area (Å²) < 4.78 is 12.6. The maximum atomic E-state index is 12.6. The Morgan fingerprint density at radius 1 is 1.58 bits per heavy atom. The van der Waals surface area contributed by atoms with Crippen LogP contribution in [0.3, 0.4) is 0 Å². The fourth-order valence-corrected chi connectivity index (χ4v) is 1.01. The van der Waals surface area contributed by atoms with E-state index in [1.807, 2.05) is 0 Å². The van der Waals surface area contributed by atoms with E-state index in [0.717, 1.165) is 12.1 Å². The lowest BCUT2D eigenvalue weighted by Gasteiger charge is -1.98. The van der Waals surface area contributed by atoms with Crippen molar-refractivity contribution in [3.63, 3.8) is 0 Å². The maximum Gasteiger partial charge on any atom is 0.186 e. The van der Waals surface area contributed by atoms with Gasteiger partial charge in [0.2, 0.25) is 0 Å². The van der Waals surface area contributed by atoms with E-state index in [2.05, 4.69) is 6.58 Å². The second kappa shape index (κ2) is 3.50. The van der Waals surface area contributed by atoms with Crippen molar-refractivity contribution >= 4 is 17.4 Å². The Bertz CT molecular complexity index is 333. The number of ketones is 1. The largest absolute Gasteiger partial charge is 0.289 e. The van der Waals surface area contributed by atoms with Crippen LogP contribution >= 0.6 is 11.6 Å². The van der Waals surface area contributed by atoms with Crippen LogP contribution in [0.2, 0.25) is 5.02 Å². The zero-order chi connectivity index (χ0) is 9.14. The molecule has 0 unspecified atom stereocenters. The number of hydrogen-bond acceptors (Lipinski definition) is 1. The Hall–Kier alpha value is -1.15. The van der Waals surface area contributed by atoms with Crippen molar-refractivity contribution < 1.29 is 9.18 Å². The summed E-state index contributed by atoms with van der Waals surface area (Å²) in [5, 5.41) is 0.237. The average molecular weight is 185 g/mol. The highest BCUT2D eigenvalue weighted by Crippen LogP contribution is 2.17. The maximum absolute atomic E-state index is 12.6. The van der Waals surface area contributed by atoms with Crippen molar-refractivity contribution in [3.8, 4) is 0 Å². The van der Waals surface area contributed by atoms with E-state index in [4.69, 9.17) is 11.6 Å². The zero-order valence-corrected chi connectivity index (χ0v) is 6.94. The highest BCUT2D eigenvalue weighted by atomic mass is 35.5. The van der Waals surface area contributed by atoms with Crippen LogP contribution in [0.4, 0.5) is 4.39 Å². The van der Waals surface area contributed by atoms with Crippen molar-refractivity contribution in [3.05, 3.63) is 47.3 Å². The zero-order valence-electron chi connectivity index (χ0n) is 6.18. The minimum Gasteiger partial charge on any atom is -0.289 e. The van der Waals surface area contributed by atoms with Crippen molar-refractivity contribution in [2.24, 2.45) is 0 Å². The SMILES string of the molecule is C=CC(=O)c1cc(F)ccc1Cl. The van der Waals surface area contributed by atoms with Gasteiger partial charge in [-0.1, -0.05) is 18.2 Å². The molecule has 0 N–H and O–H groups in total. The van der Waals surface area contributed by atoms with Gasteiger partial charge in [-0.05, 0) is 24.3 Å². The summed E-state index contributed by atoms with van der Waals surface area (Å²) in [5.41, 5.74) is 0.145. The molecule has 0 atom stereocenters. The smallest absolute Gasteiger partial charge is 0.186 e. The molecule has 0 aliphatic carbocycles. The van der Waals surface area contributed by atoms with Crippen molar-refractivity contribution in [1.29, 1.82) is 0 Å². The van der Waals surface area contributed by atoms with Gasteiger partial charge < -0.3 is 0 Å². The summed E-state index contributed by atoms with van der Waals surface area (Å²) in [7, 11) is 0. The van der Waals surface area contributed by atoms with Crippen molar-refractivity contribution in [2.45, 2.75) is 0 Å². The van der Waals surface area contributed by atoms with Crippen LogP contribution in [0.25, 0.3) is 0 Å². The van der Waals surface area contributed by atoms with E-state index in [-0.39, 0.29) is 16.4 Å². The quantitative estimate of drug-likeness (QED) is 0.510. The summed E-state index contributed by atoms with van der Waals surface area (Å²) in [6.07, 6.45) is 1.10. The molecule has 0 saturated heterocycles. The van der Waals surface area contributed by atoms with E-state index >= 15 is 0 Å². The van der Waals surface area contributed by atoms with Gasteiger partial charge >= 0.3 is 0 Å². The Morgan fingerprint density at radius 2 is 2.25 bits per heavy atom. The number of allylic oxidation sites excluding steroid dienone is 1. The van der Waals surface area contributed by atoms with Gasteiger partial charge in [0.15, 0.2) is 5.78 Å². The summed E-state index contributed by atoms with van der Waals surface area (Å²) in [5.74, 6) is -0.857. The molecule has 0 amide bonds. The van der Waals surface area contributed by atoms with Gasteiger partial charge in [0.25, 0.3) is 0 Å². The third kappa shape index (κ3) is 1.71. The summed E-state index contributed by atoms with van der Waals surface area (Å²) in [6.45, 7) is 3.28. The van der Waals surface area contributed by atoms with Crippen LogP contribution in [-0.2, 0) is 0 Å². The van der Waals surface area contributed by atoms with Crippen LogP contribution in [0.1, 0.15) is 10.4 Å². The molecule has 3 heteroatoms. The lowest BCUT2D eigenvalue weighted by atomic mass is 10.1. The van der Waals surface area contributed by atoms with Gasteiger partial charge in [-0.2, -0.15) is 0 Å². The predicted molar refractivity (Wildman–Crippen MR) is 45.9 cm³/mol. The second-order valence-electron chi connectivity index (χ2n) is 2.19. The lowest BCUT2D eigenvalue weighted by Crippen LogP contribution is -1.95. The molecule has 0 spiro atoms. The minimum atomic E-state index is -0.482. The van der Waals surface area contributed by atoms with Gasteiger partial charge in [0.1, 0.15) is 5.82 Å². The van der Waals surface area contributed by atoms with E-state index in [1.165, 1.54) is 12.1 Å². The molecule has 1 nitrogen and oxygen atoms in total. The molecule has 0 heterocycles. The number of carbonyl (C=O) groups is 1. The fourth-order valence-electron chi connectivity index (χ4n) is 0.796. The highest BCUT2D eigenvalue weighted by Gasteiger charge is 2.07. The first-order chi connectivity index (χ1) is 5.65. The molecular formula is C9H6ClFO. The lowest BCUT2D eigenvalue weighted by molar-refractivity contribution is 0.104. The molecule has 0 radical (unpaired) electrons. The van der Waals surface area contributed by atoms with E-state index in [1.54, 1.807) is 0 Å². The predicted octanol–water partition coefficient (Wildman–Crippen LogP) is 2.85. The molecule has 0 fully saturated rings. The average Bonchev–Trinajstić information content (AvgIpc) is 2.08. The van der Waals surface area contributed by atoms with E-state index in [9.17, 15) is 9.18 Å².